The Labute approximate surface area is 107 Å². The van der Waals surface area contributed by atoms with Crippen LogP contribution in [0.4, 0.5) is 14.5 Å². The lowest BCUT2D eigenvalue weighted by atomic mass is 10.2. The van der Waals surface area contributed by atoms with Crippen LogP contribution < -0.4 is 0 Å². The van der Waals surface area contributed by atoms with E-state index in [0.717, 1.165) is 12.1 Å². The average molecular weight is 267 g/mol. The van der Waals surface area contributed by atoms with Crippen LogP contribution in [0.3, 0.4) is 0 Å². The quantitative estimate of drug-likeness (QED) is 0.634. The van der Waals surface area contributed by atoms with Gasteiger partial charge >= 0.3 is 5.69 Å². The number of aromatic nitrogens is 2. The molecule has 5 nitrogen and oxygen atoms in total. The highest BCUT2D eigenvalue weighted by Gasteiger charge is 2.21. The minimum absolute atomic E-state index is 0.0532. The number of nitro groups is 1. The standard InChI is InChI=1S/C12H11F2N3O2/c1-7-12(17(18)19)8(2)16(15-7)6-9-3-4-10(13)11(14)5-9/h3-5H,6H2,1-2H3. The molecule has 0 fully saturated rings. The summed E-state index contributed by atoms with van der Waals surface area (Å²) >= 11 is 0. The Hall–Kier alpha value is -2.31. The van der Waals surface area contributed by atoms with Gasteiger partial charge < -0.3 is 0 Å². The Bertz CT molecular complexity index is 653. The van der Waals surface area contributed by atoms with Crippen molar-refractivity contribution in [3.05, 3.63) is 56.9 Å². The highest BCUT2D eigenvalue weighted by Crippen LogP contribution is 2.22. The van der Waals surface area contributed by atoms with Crippen molar-refractivity contribution in [2.45, 2.75) is 20.4 Å². The molecule has 2 rings (SSSR count). The molecule has 7 heteroatoms. The van der Waals surface area contributed by atoms with Gasteiger partial charge in [-0.15, -0.1) is 0 Å². The number of halogens is 2. The molecule has 0 saturated carbocycles. The molecule has 0 aliphatic rings. The van der Waals surface area contributed by atoms with E-state index in [9.17, 15) is 18.9 Å². The summed E-state index contributed by atoms with van der Waals surface area (Å²) < 4.78 is 27.3. The van der Waals surface area contributed by atoms with Gasteiger partial charge in [-0.05, 0) is 31.5 Å². The normalized spacial score (nSPS) is 10.7. The summed E-state index contributed by atoms with van der Waals surface area (Å²) in [4.78, 5) is 10.3. The van der Waals surface area contributed by atoms with Gasteiger partial charge in [0, 0.05) is 0 Å². The molecule has 0 aliphatic carbocycles. The molecule has 0 bridgehead atoms. The minimum Gasteiger partial charge on any atom is -0.258 e. The zero-order chi connectivity index (χ0) is 14.2. The van der Waals surface area contributed by atoms with Crippen LogP contribution in [0.2, 0.25) is 0 Å². The molecule has 1 heterocycles. The van der Waals surface area contributed by atoms with Crippen molar-refractivity contribution in [2.75, 3.05) is 0 Å². The van der Waals surface area contributed by atoms with E-state index < -0.39 is 16.6 Å². The van der Waals surface area contributed by atoms with Gasteiger partial charge in [0.15, 0.2) is 11.6 Å². The zero-order valence-electron chi connectivity index (χ0n) is 10.4. The maximum absolute atomic E-state index is 13.1. The van der Waals surface area contributed by atoms with Gasteiger partial charge in [0.25, 0.3) is 0 Å². The lowest BCUT2D eigenvalue weighted by Crippen LogP contribution is -2.05. The number of hydrogen-bond donors (Lipinski definition) is 0. The van der Waals surface area contributed by atoms with Crippen LogP contribution in [0.1, 0.15) is 17.0 Å². The summed E-state index contributed by atoms with van der Waals surface area (Å²) in [6.07, 6.45) is 0. The van der Waals surface area contributed by atoms with Gasteiger partial charge in [0.1, 0.15) is 11.4 Å². The predicted octanol–water partition coefficient (Wildman–Crippen LogP) is 2.73. The largest absolute Gasteiger partial charge is 0.312 e. The van der Waals surface area contributed by atoms with E-state index in [1.165, 1.54) is 17.7 Å². The van der Waals surface area contributed by atoms with Crippen LogP contribution in [0, 0.1) is 35.6 Å². The van der Waals surface area contributed by atoms with Crippen LogP contribution in [0.15, 0.2) is 18.2 Å². The van der Waals surface area contributed by atoms with Gasteiger partial charge in [-0.1, -0.05) is 6.07 Å². The van der Waals surface area contributed by atoms with E-state index >= 15 is 0 Å². The molecule has 0 amide bonds. The molecule has 2 aromatic rings. The summed E-state index contributed by atoms with van der Waals surface area (Å²) in [5.74, 6) is -1.88. The molecule has 19 heavy (non-hydrogen) atoms. The number of nitrogens with zero attached hydrogens (tertiary/aromatic N) is 3. The number of hydrogen-bond acceptors (Lipinski definition) is 3. The molecular weight excluding hydrogens is 256 g/mol. The molecule has 0 atom stereocenters. The van der Waals surface area contributed by atoms with Crippen LogP contribution in [0.25, 0.3) is 0 Å². The van der Waals surface area contributed by atoms with Gasteiger partial charge in [0.2, 0.25) is 0 Å². The predicted molar refractivity (Wildman–Crippen MR) is 63.8 cm³/mol. The van der Waals surface area contributed by atoms with Crippen LogP contribution >= 0.6 is 0 Å². The lowest BCUT2D eigenvalue weighted by molar-refractivity contribution is -0.386. The molecule has 0 spiro atoms. The third-order valence-electron chi connectivity index (χ3n) is 2.84. The Balaban J connectivity index is 2.36. The van der Waals surface area contributed by atoms with Crippen molar-refractivity contribution in [3.8, 4) is 0 Å². The second kappa shape index (κ2) is 4.75. The van der Waals surface area contributed by atoms with Crippen LogP contribution in [-0.4, -0.2) is 14.7 Å². The Kier molecular flexibility index (Phi) is 3.28. The van der Waals surface area contributed by atoms with Gasteiger partial charge in [-0.3, -0.25) is 14.8 Å². The summed E-state index contributed by atoms with van der Waals surface area (Å²) in [6.45, 7) is 3.25. The van der Waals surface area contributed by atoms with E-state index in [4.69, 9.17) is 0 Å². The first kappa shape index (κ1) is 13.1. The highest BCUT2D eigenvalue weighted by molar-refractivity contribution is 5.39. The Morgan fingerprint density at radius 2 is 2.00 bits per heavy atom. The van der Waals surface area contributed by atoms with Crippen LogP contribution in [0.5, 0.6) is 0 Å². The number of aryl methyl sites for hydroxylation is 1. The summed E-state index contributed by atoms with van der Waals surface area (Å²) in [7, 11) is 0. The van der Waals surface area contributed by atoms with E-state index in [2.05, 4.69) is 5.10 Å². The van der Waals surface area contributed by atoms with Gasteiger partial charge in [0.05, 0.1) is 11.5 Å². The highest BCUT2D eigenvalue weighted by atomic mass is 19.2. The number of benzene rings is 1. The first-order valence-electron chi connectivity index (χ1n) is 5.52. The third-order valence-corrected chi connectivity index (χ3v) is 2.84. The second-order valence-electron chi connectivity index (χ2n) is 4.18. The Morgan fingerprint density at radius 1 is 1.32 bits per heavy atom. The summed E-state index contributed by atoms with van der Waals surface area (Å²) in [5, 5.41) is 14.9. The third kappa shape index (κ3) is 2.44. The summed E-state index contributed by atoms with van der Waals surface area (Å²) in [6, 6.07) is 3.49. The van der Waals surface area contributed by atoms with Crippen molar-refractivity contribution in [2.24, 2.45) is 0 Å². The lowest BCUT2D eigenvalue weighted by Gasteiger charge is -2.04. The van der Waals surface area contributed by atoms with E-state index in [1.807, 2.05) is 0 Å². The fourth-order valence-corrected chi connectivity index (χ4v) is 1.92. The van der Waals surface area contributed by atoms with Gasteiger partial charge in [-0.2, -0.15) is 5.10 Å². The van der Waals surface area contributed by atoms with Crippen molar-refractivity contribution in [1.82, 2.24) is 9.78 Å². The molecule has 0 saturated heterocycles. The van der Waals surface area contributed by atoms with E-state index in [-0.39, 0.29) is 12.2 Å². The average Bonchev–Trinajstić information content (AvgIpc) is 2.59. The molecular formula is C12H11F2N3O2. The maximum Gasteiger partial charge on any atom is 0.312 e. The van der Waals surface area contributed by atoms with Gasteiger partial charge in [-0.25, -0.2) is 8.78 Å². The molecule has 0 radical (unpaired) electrons. The minimum atomic E-state index is -0.950. The Morgan fingerprint density at radius 3 is 2.53 bits per heavy atom. The van der Waals surface area contributed by atoms with E-state index in [0.29, 0.717) is 17.0 Å². The topological polar surface area (TPSA) is 61.0 Å². The molecule has 0 unspecified atom stereocenters. The zero-order valence-corrected chi connectivity index (χ0v) is 10.4. The van der Waals surface area contributed by atoms with Crippen molar-refractivity contribution in [1.29, 1.82) is 0 Å². The fourth-order valence-electron chi connectivity index (χ4n) is 1.92. The van der Waals surface area contributed by atoms with Crippen molar-refractivity contribution < 1.29 is 13.7 Å². The fraction of sp³-hybridized carbons (Fsp3) is 0.250. The van der Waals surface area contributed by atoms with Crippen LogP contribution in [-0.2, 0) is 6.54 Å². The second-order valence-corrected chi connectivity index (χ2v) is 4.18. The first-order valence-corrected chi connectivity index (χ1v) is 5.52. The van der Waals surface area contributed by atoms with Crippen molar-refractivity contribution in [3.63, 3.8) is 0 Å². The molecule has 0 aliphatic heterocycles. The molecule has 1 aromatic carbocycles. The SMILES string of the molecule is Cc1nn(Cc2ccc(F)c(F)c2)c(C)c1[N+](=O)[O-]. The summed E-state index contributed by atoms with van der Waals surface area (Å²) in [5.41, 5.74) is 1.11. The van der Waals surface area contributed by atoms with E-state index in [1.54, 1.807) is 6.92 Å². The maximum atomic E-state index is 13.1. The number of rotatable bonds is 3. The molecule has 0 N–H and O–H groups in total. The van der Waals surface area contributed by atoms with Crippen molar-refractivity contribution >= 4 is 5.69 Å². The monoisotopic (exact) mass is 267 g/mol. The molecule has 100 valence electrons. The first-order chi connectivity index (χ1) is 8.90. The smallest absolute Gasteiger partial charge is 0.258 e. The molecule has 1 aromatic heterocycles.